The van der Waals surface area contributed by atoms with Crippen molar-refractivity contribution >= 4 is 23.9 Å². The number of aromatic carboxylic acids is 1. The number of hydrogen-bond acceptors (Lipinski definition) is 9. The molecule has 6 aromatic rings. The summed E-state index contributed by atoms with van der Waals surface area (Å²) in [7, 11) is 0. The summed E-state index contributed by atoms with van der Waals surface area (Å²) >= 11 is 0. The topological polar surface area (TPSA) is 181 Å². The monoisotopic (exact) mass is 748 g/mol. The third-order valence-corrected chi connectivity index (χ3v) is 6.25. The molecule has 16 heteroatoms. The average Bonchev–Trinajstić information content (AvgIpc) is 3.89. The smallest absolute Gasteiger partial charge is 0.360 e. The number of nitrogens with zero attached hydrogens (tertiary/aromatic N) is 6. The summed E-state index contributed by atoms with van der Waals surface area (Å²) in [4.78, 5) is 43.0. The van der Waals surface area contributed by atoms with Crippen LogP contribution in [0.3, 0.4) is 0 Å². The lowest BCUT2D eigenvalue weighted by Gasteiger charge is -2.06. The fraction of sp³-hybridized carbons (Fsp3) is 0.184. The number of ether oxygens (including phenoxy) is 2. The van der Waals surface area contributed by atoms with Crippen molar-refractivity contribution < 1.29 is 47.6 Å². The van der Waals surface area contributed by atoms with Gasteiger partial charge in [0.05, 0.1) is 48.9 Å². The Morgan fingerprint density at radius 1 is 0.593 bits per heavy atom. The van der Waals surface area contributed by atoms with Crippen molar-refractivity contribution in [2.45, 2.75) is 35.6 Å². The zero-order valence-electron chi connectivity index (χ0n) is 28.2. The minimum Gasteiger partial charge on any atom is -0.481 e. The van der Waals surface area contributed by atoms with E-state index in [-0.39, 0.29) is 33.1 Å². The van der Waals surface area contributed by atoms with Crippen molar-refractivity contribution in [1.82, 2.24) is 29.3 Å². The SMILES string of the molecule is C.C.CC(=O)O.CCOC(=O)c1c(F)cnn1-c1ccccc1.CCOC(=O)c1ccnn1-c1ccccc1.O=C(O)c1c(F)cnn1-c1ccccc1. The zero-order valence-corrected chi connectivity index (χ0v) is 28.2. The second-order valence-electron chi connectivity index (χ2n) is 9.91. The molecule has 3 heterocycles. The van der Waals surface area contributed by atoms with Crippen molar-refractivity contribution in [3.63, 3.8) is 0 Å². The Morgan fingerprint density at radius 2 is 0.963 bits per heavy atom. The Morgan fingerprint density at radius 3 is 1.37 bits per heavy atom. The van der Waals surface area contributed by atoms with Gasteiger partial charge in [-0.25, -0.2) is 37.2 Å². The molecule has 0 spiro atoms. The first kappa shape index (κ1) is 45.1. The second kappa shape index (κ2) is 22.8. The molecule has 0 aliphatic carbocycles. The van der Waals surface area contributed by atoms with Crippen molar-refractivity contribution in [3.8, 4) is 17.1 Å². The third-order valence-electron chi connectivity index (χ3n) is 6.25. The van der Waals surface area contributed by atoms with Gasteiger partial charge < -0.3 is 19.7 Å². The summed E-state index contributed by atoms with van der Waals surface area (Å²) in [5, 5.41) is 27.8. The number of aromatic nitrogens is 6. The minimum absolute atomic E-state index is 0. The first-order chi connectivity index (χ1) is 25.0. The molecule has 2 N–H and O–H groups in total. The van der Waals surface area contributed by atoms with Crippen LogP contribution in [-0.2, 0) is 14.3 Å². The van der Waals surface area contributed by atoms with Crippen LogP contribution in [0.4, 0.5) is 8.78 Å². The number of halogens is 2. The van der Waals surface area contributed by atoms with E-state index in [4.69, 9.17) is 24.5 Å². The Labute approximate surface area is 310 Å². The molecule has 6 rings (SSSR count). The van der Waals surface area contributed by atoms with Crippen molar-refractivity contribution in [2.75, 3.05) is 13.2 Å². The normalized spacial score (nSPS) is 9.50. The number of hydrogen-bond donors (Lipinski definition) is 2. The zero-order chi connectivity index (χ0) is 38.0. The molecule has 3 aromatic heterocycles. The lowest BCUT2D eigenvalue weighted by atomic mass is 10.3. The maximum atomic E-state index is 13.5. The van der Waals surface area contributed by atoms with Gasteiger partial charge in [-0.05, 0) is 56.3 Å². The molecule has 14 nitrogen and oxygen atoms in total. The predicted molar refractivity (Wildman–Crippen MR) is 196 cm³/mol. The van der Waals surface area contributed by atoms with Gasteiger partial charge in [-0.2, -0.15) is 15.3 Å². The number of aliphatic carboxylic acids is 1. The highest BCUT2D eigenvalue weighted by molar-refractivity contribution is 5.89. The van der Waals surface area contributed by atoms with Crippen LogP contribution in [0.25, 0.3) is 17.1 Å². The van der Waals surface area contributed by atoms with Crippen molar-refractivity contribution in [1.29, 1.82) is 0 Å². The third kappa shape index (κ3) is 12.7. The summed E-state index contributed by atoms with van der Waals surface area (Å²) < 4.78 is 40.2. The molecular weight excluding hydrogens is 706 g/mol. The summed E-state index contributed by atoms with van der Waals surface area (Å²) in [6, 6.07) is 28.5. The van der Waals surface area contributed by atoms with E-state index in [0.29, 0.717) is 23.7 Å². The number of carboxylic acids is 2. The largest absolute Gasteiger partial charge is 0.481 e. The van der Waals surface area contributed by atoms with Gasteiger partial charge in [-0.15, -0.1) is 0 Å². The molecule has 54 heavy (non-hydrogen) atoms. The number of rotatable bonds is 8. The summed E-state index contributed by atoms with van der Waals surface area (Å²) in [5.41, 5.74) is 1.76. The maximum Gasteiger partial charge on any atom is 0.360 e. The molecule has 0 fully saturated rings. The van der Waals surface area contributed by atoms with E-state index in [1.165, 1.54) is 4.68 Å². The summed E-state index contributed by atoms with van der Waals surface area (Å²) in [6.45, 7) is 5.08. The molecule has 286 valence electrons. The van der Waals surface area contributed by atoms with Crippen molar-refractivity contribution in [3.05, 3.63) is 144 Å². The number of carbonyl (C=O) groups excluding carboxylic acids is 2. The number of benzene rings is 3. The molecule has 0 unspecified atom stereocenters. The van der Waals surface area contributed by atoms with Crippen molar-refractivity contribution in [2.24, 2.45) is 0 Å². The molecule has 3 aromatic carbocycles. The first-order valence-electron chi connectivity index (χ1n) is 15.4. The quantitative estimate of drug-likeness (QED) is 0.149. The summed E-state index contributed by atoms with van der Waals surface area (Å²) in [6.07, 6.45) is 3.47. The van der Waals surface area contributed by atoms with Crippen LogP contribution in [0.15, 0.2) is 116 Å². The standard InChI is InChI=1S/C12H11FN2O2.C12H12N2O2.C10H7FN2O2.C2H4O2.2CH4/c1-2-17-12(16)11-10(13)8-14-15(11)9-6-4-3-5-7-9;1-2-16-12(15)11-8-9-13-14(11)10-6-4-3-5-7-10;11-8-6-12-13(9(8)10(14)15)7-4-2-1-3-5-7;1-2(3)4;;/h3-8H,2H2,1H3;3-9H,2H2,1H3;1-6H,(H,14,15);1H3,(H,3,4);2*1H4. The maximum absolute atomic E-state index is 13.5. The Balaban J connectivity index is 0.000000379. The van der Waals surface area contributed by atoms with Gasteiger partial charge in [0, 0.05) is 6.92 Å². The fourth-order valence-corrected chi connectivity index (χ4v) is 4.20. The Bertz CT molecular complexity index is 2050. The van der Waals surface area contributed by atoms with Crippen LogP contribution in [0.5, 0.6) is 0 Å². The number of esters is 2. The second-order valence-corrected chi connectivity index (χ2v) is 9.91. The van der Waals surface area contributed by atoms with E-state index >= 15 is 0 Å². The van der Waals surface area contributed by atoms with Crippen LogP contribution in [0.2, 0.25) is 0 Å². The molecular formula is C38H42F2N6O8. The van der Waals surface area contributed by atoms with E-state index < -0.39 is 35.2 Å². The first-order valence-corrected chi connectivity index (χ1v) is 15.4. The van der Waals surface area contributed by atoms with E-state index in [2.05, 4.69) is 15.3 Å². The van der Waals surface area contributed by atoms with Crippen LogP contribution in [-0.4, -0.2) is 76.6 Å². The highest BCUT2D eigenvalue weighted by Gasteiger charge is 2.21. The molecule has 0 aliphatic rings. The van der Waals surface area contributed by atoms with Gasteiger partial charge in [-0.1, -0.05) is 69.5 Å². The van der Waals surface area contributed by atoms with Gasteiger partial charge in [0.1, 0.15) is 0 Å². The summed E-state index contributed by atoms with van der Waals surface area (Å²) in [5.74, 6) is -4.78. The lowest BCUT2D eigenvalue weighted by molar-refractivity contribution is -0.134. The van der Waals surface area contributed by atoms with E-state index in [9.17, 15) is 23.2 Å². The molecule has 0 saturated heterocycles. The molecule has 0 atom stereocenters. The van der Waals surface area contributed by atoms with Crippen LogP contribution < -0.4 is 0 Å². The molecule has 0 amide bonds. The van der Waals surface area contributed by atoms with Gasteiger partial charge in [0.25, 0.3) is 5.97 Å². The molecule has 0 bridgehead atoms. The number of carboxylic acid groups (broad SMARTS) is 2. The average molecular weight is 749 g/mol. The molecule has 0 saturated carbocycles. The van der Waals surface area contributed by atoms with E-state index in [0.717, 1.165) is 29.7 Å². The number of para-hydroxylation sites is 3. The van der Waals surface area contributed by atoms with Crippen LogP contribution in [0.1, 0.15) is 67.1 Å². The van der Waals surface area contributed by atoms with Gasteiger partial charge >= 0.3 is 17.9 Å². The van der Waals surface area contributed by atoms with Crippen LogP contribution >= 0.6 is 0 Å². The highest BCUT2D eigenvalue weighted by atomic mass is 19.1. The molecule has 0 radical (unpaired) electrons. The Kier molecular flexibility index (Phi) is 19.0. The van der Waals surface area contributed by atoms with Gasteiger partial charge in [0.2, 0.25) is 0 Å². The fourth-order valence-electron chi connectivity index (χ4n) is 4.20. The van der Waals surface area contributed by atoms with E-state index in [1.54, 1.807) is 85.4 Å². The van der Waals surface area contributed by atoms with E-state index in [1.807, 2.05) is 36.4 Å². The van der Waals surface area contributed by atoms with Crippen LogP contribution in [0, 0.1) is 11.6 Å². The molecule has 0 aliphatic heterocycles. The minimum atomic E-state index is -1.34. The Hall–Kier alpha value is -6.97. The highest BCUT2D eigenvalue weighted by Crippen LogP contribution is 2.15. The van der Waals surface area contributed by atoms with Gasteiger partial charge in [-0.3, -0.25) is 4.79 Å². The number of carbonyl (C=O) groups is 4. The predicted octanol–water partition coefficient (Wildman–Crippen LogP) is 7.31. The lowest BCUT2D eigenvalue weighted by Crippen LogP contribution is -2.13. The van der Waals surface area contributed by atoms with Gasteiger partial charge in [0.15, 0.2) is 28.7 Å².